The molecule has 0 radical (unpaired) electrons. The van der Waals surface area contributed by atoms with E-state index in [0.717, 1.165) is 5.56 Å². The monoisotopic (exact) mass is 383 g/mol. The van der Waals surface area contributed by atoms with E-state index >= 15 is 0 Å². The fourth-order valence-corrected chi connectivity index (χ4v) is 2.73. The maximum Gasteiger partial charge on any atom is 0.387 e. The van der Waals surface area contributed by atoms with Crippen LogP contribution in [-0.2, 0) is 11.3 Å². The number of carbonyl (C=O) groups excluding carboxylic acids is 1. The molecule has 0 saturated carbocycles. The Balaban J connectivity index is 2.06. The average Bonchev–Trinajstić information content (AvgIpc) is 3.01. The van der Waals surface area contributed by atoms with Gasteiger partial charge in [-0.2, -0.15) is 8.78 Å². The molecule has 1 atom stereocenters. The van der Waals surface area contributed by atoms with Gasteiger partial charge in [0, 0.05) is 12.6 Å². The van der Waals surface area contributed by atoms with Crippen molar-refractivity contribution in [2.75, 3.05) is 19.5 Å². The summed E-state index contributed by atoms with van der Waals surface area (Å²) in [4.78, 5) is 14.4. The summed E-state index contributed by atoms with van der Waals surface area (Å²) in [5, 5.41) is 6.47. The molecule has 148 valence electrons. The summed E-state index contributed by atoms with van der Waals surface area (Å²) in [5.74, 6) is 0.921. The van der Waals surface area contributed by atoms with Crippen molar-refractivity contribution in [2.24, 2.45) is 0 Å². The molecule has 9 heteroatoms. The van der Waals surface area contributed by atoms with Crippen molar-refractivity contribution in [3.05, 3.63) is 35.6 Å². The Morgan fingerprint density at radius 2 is 2.07 bits per heavy atom. The number of methoxy groups -OCH3 is 1. The zero-order valence-electron chi connectivity index (χ0n) is 15.7. The van der Waals surface area contributed by atoms with Crippen LogP contribution in [0.2, 0.25) is 0 Å². The molecule has 1 heterocycles. The lowest BCUT2D eigenvalue weighted by Crippen LogP contribution is -2.41. The van der Waals surface area contributed by atoms with Crippen molar-refractivity contribution in [3.8, 4) is 11.5 Å². The van der Waals surface area contributed by atoms with Crippen LogP contribution in [-0.4, -0.2) is 42.8 Å². The number of carbonyl (C=O) groups is 1. The number of anilines is 1. The van der Waals surface area contributed by atoms with Gasteiger partial charge in [-0.25, -0.2) is 0 Å². The molecule has 1 aromatic carbocycles. The van der Waals surface area contributed by atoms with Crippen LogP contribution < -0.4 is 14.8 Å². The normalized spacial score (nSPS) is 12.3. The zero-order valence-corrected chi connectivity index (χ0v) is 15.7. The number of nitrogens with zero attached hydrogens (tertiary/aromatic N) is 2. The number of aryl methyl sites for hydroxylation is 1. The van der Waals surface area contributed by atoms with E-state index in [4.69, 9.17) is 9.26 Å². The highest BCUT2D eigenvalue weighted by atomic mass is 19.3. The summed E-state index contributed by atoms with van der Waals surface area (Å²) in [7, 11) is 3.18. The lowest BCUT2D eigenvalue weighted by molar-refractivity contribution is -0.121. The Hall–Kier alpha value is -2.68. The third-order valence-electron chi connectivity index (χ3n) is 3.98. The topological polar surface area (TPSA) is 76.8 Å². The second-order valence-corrected chi connectivity index (χ2v) is 6.01. The van der Waals surface area contributed by atoms with Crippen LogP contribution in [0, 0.1) is 6.92 Å². The molecule has 0 aliphatic heterocycles. The Labute approximate surface area is 156 Å². The maximum absolute atomic E-state index is 12.5. The van der Waals surface area contributed by atoms with Crippen molar-refractivity contribution in [2.45, 2.75) is 39.5 Å². The van der Waals surface area contributed by atoms with Gasteiger partial charge in [-0.05, 0) is 38.1 Å². The first-order chi connectivity index (χ1) is 12.8. The molecular weight excluding hydrogens is 360 g/mol. The van der Waals surface area contributed by atoms with Gasteiger partial charge in [-0.1, -0.05) is 18.1 Å². The van der Waals surface area contributed by atoms with Crippen molar-refractivity contribution < 1.29 is 27.6 Å². The van der Waals surface area contributed by atoms with E-state index in [1.165, 1.54) is 13.2 Å². The Morgan fingerprint density at radius 1 is 1.33 bits per heavy atom. The number of halogens is 2. The highest BCUT2D eigenvalue weighted by molar-refractivity contribution is 5.93. The zero-order chi connectivity index (χ0) is 20.0. The summed E-state index contributed by atoms with van der Waals surface area (Å²) >= 11 is 0. The minimum absolute atomic E-state index is 0.0370. The van der Waals surface area contributed by atoms with E-state index in [1.807, 2.05) is 11.8 Å². The van der Waals surface area contributed by atoms with Gasteiger partial charge in [0.15, 0.2) is 17.3 Å². The van der Waals surface area contributed by atoms with E-state index in [1.54, 1.807) is 32.2 Å². The molecule has 1 N–H and O–H groups in total. The number of alkyl halides is 2. The fraction of sp³-hybridized carbons (Fsp3) is 0.444. The number of aromatic nitrogens is 1. The van der Waals surface area contributed by atoms with E-state index in [9.17, 15) is 13.6 Å². The van der Waals surface area contributed by atoms with Gasteiger partial charge < -0.3 is 19.3 Å². The summed E-state index contributed by atoms with van der Waals surface area (Å²) in [6.45, 7) is 1.12. The van der Waals surface area contributed by atoms with Crippen LogP contribution in [0.1, 0.15) is 24.7 Å². The molecule has 27 heavy (non-hydrogen) atoms. The third kappa shape index (κ3) is 5.65. The molecule has 0 aliphatic rings. The van der Waals surface area contributed by atoms with Gasteiger partial charge in [0.05, 0.1) is 13.2 Å². The van der Waals surface area contributed by atoms with E-state index in [0.29, 0.717) is 24.5 Å². The molecule has 1 aromatic heterocycles. The third-order valence-corrected chi connectivity index (χ3v) is 3.98. The van der Waals surface area contributed by atoms with Crippen molar-refractivity contribution in [1.29, 1.82) is 0 Å². The first-order valence-corrected chi connectivity index (χ1v) is 8.40. The summed E-state index contributed by atoms with van der Waals surface area (Å²) in [6.07, 6.45) is 0.572. The summed E-state index contributed by atoms with van der Waals surface area (Å²) < 4.78 is 39.3. The molecule has 2 aromatic rings. The number of benzene rings is 1. The number of rotatable bonds is 9. The van der Waals surface area contributed by atoms with Crippen LogP contribution >= 0.6 is 0 Å². The number of ether oxygens (including phenoxy) is 2. The maximum atomic E-state index is 12.5. The van der Waals surface area contributed by atoms with Gasteiger partial charge in [-0.3, -0.25) is 9.69 Å². The van der Waals surface area contributed by atoms with Crippen LogP contribution in [0.25, 0.3) is 0 Å². The van der Waals surface area contributed by atoms with Gasteiger partial charge in [0.2, 0.25) is 5.91 Å². The van der Waals surface area contributed by atoms with E-state index in [2.05, 4.69) is 15.2 Å². The number of nitrogens with one attached hydrogen (secondary N) is 1. The molecule has 7 nitrogen and oxygen atoms in total. The van der Waals surface area contributed by atoms with Crippen LogP contribution in [0.3, 0.4) is 0 Å². The first-order valence-electron chi connectivity index (χ1n) is 8.40. The smallest absolute Gasteiger partial charge is 0.387 e. The van der Waals surface area contributed by atoms with Gasteiger partial charge >= 0.3 is 6.61 Å². The van der Waals surface area contributed by atoms with Gasteiger partial charge in [0.25, 0.3) is 0 Å². The molecule has 0 unspecified atom stereocenters. The second-order valence-electron chi connectivity index (χ2n) is 6.01. The fourth-order valence-electron chi connectivity index (χ4n) is 2.73. The molecular formula is C18H23F2N3O4. The molecule has 0 fully saturated rings. The van der Waals surface area contributed by atoms with Crippen LogP contribution in [0.4, 0.5) is 14.6 Å². The summed E-state index contributed by atoms with van der Waals surface area (Å²) in [6, 6.07) is 5.91. The molecule has 0 saturated heterocycles. The predicted molar refractivity (Wildman–Crippen MR) is 95.0 cm³/mol. The van der Waals surface area contributed by atoms with Crippen molar-refractivity contribution in [3.63, 3.8) is 0 Å². The highest BCUT2D eigenvalue weighted by Crippen LogP contribution is 2.30. The highest BCUT2D eigenvalue weighted by Gasteiger charge is 2.23. The largest absolute Gasteiger partial charge is 0.493 e. The van der Waals surface area contributed by atoms with Crippen molar-refractivity contribution >= 4 is 11.7 Å². The van der Waals surface area contributed by atoms with Gasteiger partial charge in [0.1, 0.15) is 5.76 Å². The number of hydrogen-bond donors (Lipinski definition) is 1. The number of amides is 1. The molecule has 0 aliphatic carbocycles. The van der Waals surface area contributed by atoms with Crippen LogP contribution in [0.15, 0.2) is 28.8 Å². The van der Waals surface area contributed by atoms with E-state index in [-0.39, 0.29) is 17.4 Å². The predicted octanol–water partition coefficient (Wildman–Crippen LogP) is 3.44. The Bertz CT molecular complexity index is 767. The minimum Gasteiger partial charge on any atom is -0.493 e. The van der Waals surface area contributed by atoms with E-state index < -0.39 is 12.7 Å². The average molecular weight is 383 g/mol. The lowest BCUT2D eigenvalue weighted by atomic mass is 10.1. The Morgan fingerprint density at radius 3 is 2.63 bits per heavy atom. The molecule has 0 spiro atoms. The minimum atomic E-state index is -2.93. The van der Waals surface area contributed by atoms with Gasteiger partial charge in [-0.15, -0.1) is 0 Å². The SMILES string of the molecule is CC[C@@H](C(=O)Nc1cc(C)on1)N(C)Cc1ccc(OC(F)F)c(OC)c1. The van der Waals surface area contributed by atoms with Crippen LogP contribution in [0.5, 0.6) is 11.5 Å². The summed E-state index contributed by atoms with van der Waals surface area (Å²) in [5.41, 5.74) is 0.791. The number of likely N-dealkylation sites (N-methyl/N-ethyl adjacent to an activating group) is 1. The molecule has 2 rings (SSSR count). The first kappa shape index (κ1) is 20.6. The molecule has 1 amide bonds. The molecule has 0 bridgehead atoms. The second kappa shape index (κ2) is 9.31. The lowest BCUT2D eigenvalue weighted by Gasteiger charge is -2.26. The Kier molecular flexibility index (Phi) is 7.12. The quantitative estimate of drug-likeness (QED) is 0.715. The standard InChI is InChI=1S/C18H23F2N3O4/c1-5-13(17(24)21-16-8-11(2)27-22-16)23(3)10-12-6-7-14(26-18(19)20)15(9-12)25-4/h6-9,13,18H,5,10H2,1-4H3,(H,21,22,24)/t13-/m0/s1. The van der Waals surface area contributed by atoms with Crippen molar-refractivity contribution in [1.82, 2.24) is 10.1 Å². The number of hydrogen-bond acceptors (Lipinski definition) is 6.